The lowest BCUT2D eigenvalue weighted by Gasteiger charge is -2.60. The standard InChI is InChI=1S/C37H59NO8/c1-22(39)44-32(34(4,5)42)26-9-7-24-27(45-26)19-25-23-8-10-28-33(2,3)29(46-31-20-38(17-18-43-31)16-12-30(40)41)11-13-37(28)21-36(23,37)15-14-35(24,25)6/h23-29,31-32,42H,7-21H2,1-6H3,(H,40,41)/t23?,24?,25?,26?,27?,28?,29-,31?,32-,35+,36-,37?/m0/s1. The van der Waals surface area contributed by atoms with Crippen LogP contribution in [0, 0.1) is 45.3 Å². The third-order valence-corrected chi connectivity index (χ3v) is 15.0. The highest BCUT2D eigenvalue weighted by Gasteiger charge is 2.80. The molecular weight excluding hydrogens is 586 g/mol. The number of fused-ring (bicyclic) bond motifs is 4. The van der Waals surface area contributed by atoms with Gasteiger partial charge in [0, 0.05) is 26.6 Å². The van der Waals surface area contributed by atoms with Crippen molar-refractivity contribution in [2.45, 2.75) is 148 Å². The molecule has 2 spiro atoms. The highest BCUT2D eigenvalue weighted by Crippen LogP contribution is 2.87. The van der Waals surface area contributed by atoms with Crippen LogP contribution in [0.1, 0.15) is 112 Å². The minimum atomic E-state index is -1.15. The zero-order valence-corrected chi connectivity index (χ0v) is 29.1. The Kier molecular flexibility index (Phi) is 8.24. The van der Waals surface area contributed by atoms with Crippen molar-refractivity contribution < 1.29 is 38.7 Å². The molecule has 0 radical (unpaired) electrons. The van der Waals surface area contributed by atoms with Crippen LogP contribution in [0.3, 0.4) is 0 Å². The normalized spacial score (nSPS) is 46.9. The largest absolute Gasteiger partial charge is 0.481 e. The fourth-order valence-electron chi connectivity index (χ4n) is 13.0. The second-order valence-corrected chi connectivity index (χ2v) is 17.9. The zero-order valence-electron chi connectivity index (χ0n) is 29.1. The average molecular weight is 646 g/mol. The monoisotopic (exact) mass is 645 g/mol. The number of ether oxygens (including phenoxy) is 4. The molecular formula is C37H59NO8. The lowest BCUT2D eigenvalue weighted by molar-refractivity contribution is -0.245. The molecule has 46 heavy (non-hydrogen) atoms. The molecule has 2 saturated heterocycles. The van der Waals surface area contributed by atoms with Crippen molar-refractivity contribution in [1.82, 2.24) is 4.90 Å². The summed E-state index contributed by atoms with van der Waals surface area (Å²) in [5.74, 6) is 1.46. The van der Waals surface area contributed by atoms with Crippen molar-refractivity contribution in [3.8, 4) is 0 Å². The minimum absolute atomic E-state index is 0.0585. The molecule has 5 saturated carbocycles. The van der Waals surface area contributed by atoms with Crippen LogP contribution in [0.15, 0.2) is 0 Å². The number of carboxylic acid groups (broad SMARTS) is 1. The molecule has 0 amide bonds. The number of carboxylic acids is 1. The predicted octanol–water partition coefficient (Wildman–Crippen LogP) is 5.41. The summed E-state index contributed by atoms with van der Waals surface area (Å²) >= 11 is 0. The van der Waals surface area contributed by atoms with E-state index in [1.165, 1.54) is 45.4 Å². The summed E-state index contributed by atoms with van der Waals surface area (Å²) in [6.45, 7) is 14.9. The molecule has 7 aliphatic rings. The SMILES string of the molecule is CC(=O)O[C@@H](C1CCC2C(CC3C4CCC5C(C)(C)[C@@H](OC6CN(CCC(=O)O)CCO6)CCC56C[C@@]46CC[C@]23C)O1)C(C)(C)O. The summed E-state index contributed by atoms with van der Waals surface area (Å²) in [4.78, 5) is 25.2. The van der Waals surface area contributed by atoms with E-state index in [-0.39, 0.29) is 47.8 Å². The lowest BCUT2D eigenvalue weighted by Crippen LogP contribution is -2.56. The van der Waals surface area contributed by atoms with Gasteiger partial charge < -0.3 is 29.2 Å². The number of hydrogen-bond acceptors (Lipinski definition) is 8. The molecule has 0 aromatic rings. The number of aliphatic carboxylic acids is 1. The summed E-state index contributed by atoms with van der Waals surface area (Å²) < 4.78 is 25.4. The molecule has 9 heteroatoms. The van der Waals surface area contributed by atoms with Gasteiger partial charge in [0.2, 0.25) is 0 Å². The summed E-state index contributed by atoms with van der Waals surface area (Å²) in [7, 11) is 0. The molecule has 2 aliphatic heterocycles. The van der Waals surface area contributed by atoms with Crippen molar-refractivity contribution >= 4 is 11.9 Å². The van der Waals surface area contributed by atoms with E-state index in [1.54, 1.807) is 13.8 Å². The van der Waals surface area contributed by atoms with Gasteiger partial charge >= 0.3 is 11.9 Å². The number of hydrogen-bond donors (Lipinski definition) is 2. The fraction of sp³-hybridized carbons (Fsp3) is 0.946. The van der Waals surface area contributed by atoms with Gasteiger partial charge in [-0.05, 0) is 123 Å². The van der Waals surface area contributed by atoms with E-state index < -0.39 is 17.7 Å². The van der Waals surface area contributed by atoms with Crippen molar-refractivity contribution in [2.24, 2.45) is 45.3 Å². The molecule has 7 fully saturated rings. The van der Waals surface area contributed by atoms with Crippen LogP contribution in [0.4, 0.5) is 0 Å². The maximum Gasteiger partial charge on any atom is 0.304 e. The smallest absolute Gasteiger partial charge is 0.304 e. The van der Waals surface area contributed by atoms with E-state index in [0.29, 0.717) is 48.3 Å². The van der Waals surface area contributed by atoms with Gasteiger partial charge in [0.15, 0.2) is 12.4 Å². The van der Waals surface area contributed by atoms with E-state index in [2.05, 4.69) is 25.7 Å². The second kappa shape index (κ2) is 11.4. The Hall–Kier alpha value is -1.26. The average Bonchev–Trinajstić information content (AvgIpc) is 3.55. The molecule has 0 bridgehead atoms. The molecule has 7 rings (SSSR count). The number of carbonyl (C=O) groups is 2. The van der Waals surface area contributed by atoms with Gasteiger partial charge in [0.05, 0.1) is 36.9 Å². The molecule has 2 N–H and O–H groups in total. The van der Waals surface area contributed by atoms with Gasteiger partial charge in [-0.2, -0.15) is 0 Å². The van der Waals surface area contributed by atoms with Crippen molar-refractivity contribution in [3.05, 3.63) is 0 Å². The fourth-order valence-corrected chi connectivity index (χ4v) is 13.0. The summed E-state index contributed by atoms with van der Waals surface area (Å²) in [5, 5.41) is 20.0. The van der Waals surface area contributed by atoms with E-state index >= 15 is 0 Å². The number of esters is 1. The molecule has 0 aromatic heterocycles. The second-order valence-electron chi connectivity index (χ2n) is 17.9. The Balaban J connectivity index is 1.04. The maximum atomic E-state index is 11.9. The first kappa shape index (κ1) is 33.2. The molecule has 0 aromatic carbocycles. The third kappa shape index (κ3) is 5.19. The summed E-state index contributed by atoms with van der Waals surface area (Å²) in [5.41, 5.74) is 0.0502. The first-order valence-electron chi connectivity index (χ1n) is 18.4. The highest BCUT2D eigenvalue weighted by atomic mass is 16.7. The Morgan fingerprint density at radius 2 is 1.76 bits per heavy atom. The lowest BCUT2D eigenvalue weighted by atomic mass is 9.46. The summed E-state index contributed by atoms with van der Waals surface area (Å²) in [6, 6.07) is 0. The molecule has 5 aliphatic carbocycles. The number of morpholine rings is 1. The third-order valence-electron chi connectivity index (χ3n) is 15.0. The Bertz CT molecular complexity index is 1200. The maximum absolute atomic E-state index is 11.9. The van der Waals surface area contributed by atoms with Gasteiger partial charge in [-0.3, -0.25) is 14.5 Å². The molecule has 12 atom stereocenters. The van der Waals surface area contributed by atoms with Gasteiger partial charge in [-0.25, -0.2) is 0 Å². The van der Waals surface area contributed by atoms with Crippen molar-refractivity contribution in [2.75, 3.05) is 26.2 Å². The van der Waals surface area contributed by atoms with E-state index in [9.17, 15) is 14.7 Å². The highest BCUT2D eigenvalue weighted by molar-refractivity contribution is 5.67. The van der Waals surface area contributed by atoms with E-state index in [4.69, 9.17) is 24.1 Å². The van der Waals surface area contributed by atoms with Crippen LogP contribution in [0.5, 0.6) is 0 Å². The van der Waals surface area contributed by atoms with Crippen LogP contribution in [-0.4, -0.2) is 89.6 Å². The van der Waals surface area contributed by atoms with Crippen molar-refractivity contribution in [1.29, 1.82) is 0 Å². The van der Waals surface area contributed by atoms with Crippen molar-refractivity contribution in [3.63, 3.8) is 0 Å². The Morgan fingerprint density at radius 1 is 1.00 bits per heavy atom. The summed E-state index contributed by atoms with van der Waals surface area (Å²) in [6.07, 6.45) is 11.1. The van der Waals surface area contributed by atoms with Crippen LogP contribution in [-0.2, 0) is 28.5 Å². The van der Waals surface area contributed by atoms with E-state index in [0.717, 1.165) is 38.1 Å². The number of aliphatic hydroxyl groups is 1. The number of nitrogens with zero attached hydrogens (tertiary/aromatic N) is 1. The minimum Gasteiger partial charge on any atom is -0.481 e. The Labute approximate surface area is 275 Å². The van der Waals surface area contributed by atoms with Crippen LogP contribution in [0.2, 0.25) is 0 Å². The number of carbonyl (C=O) groups excluding carboxylic acids is 1. The van der Waals surface area contributed by atoms with Gasteiger partial charge in [0.1, 0.15) is 0 Å². The molecule has 2 heterocycles. The van der Waals surface area contributed by atoms with Gasteiger partial charge in [0.25, 0.3) is 0 Å². The predicted molar refractivity (Wildman–Crippen MR) is 171 cm³/mol. The van der Waals surface area contributed by atoms with Crippen LogP contribution in [0.25, 0.3) is 0 Å². The molecule has 260 valence electrons. The number of rotatable bonds is 8. The zero-order chi connectivity index (χ0) is 32.9. The van der Waals surface area contributed by atoms with Gasteiger partial charge in [-0.15, -0.1) is 0 Å². The quantitative estimate of drug-likeness (QED) is 0.334. The first-order valence-corrected chi connectivity index (χ1v) is 18.4. The molecule has 9 nitrogen and oxygen atoms in total. The van der Waals surface area contributed by atoms with Crippen LogP contribution < -0.4 is 0 Å². The topological polar surface area (TPSA) is 115 Å². The van der Waals surface area contributed by atoms with E-state index in [1.807, 2.05) is 0 Å². The molecule has 8 unspecified atom stereocenters. The Morgan fingerprint density at radius 3 is 2.48 bits per heavy atom. The van der Waals surface area contributed by atoms with Gasteiger partial charge in [-0.1, -0.05) is 20.8 Å². The van der Waals surface area contributed by atoms with Crippen LogP contribution >= 0.6 is 0 Å². The first-order chi connectivity index (χ1) is 21.6.